The van der Waals surface area contributed by atoms with Crippen molar-refractivity contribution in [2.75, 3.05) is 24.7 Å². The van der Waals surface area contributed by atoms with Gasteiger partial charge in [-0.1, -0.05) is 44.2 Å². The smallest absolute Gasteiger partial charge is 0.413 e. The normalized spacial score (nSPS) is 13.7. The molecule has 0 saturated carbocycles. The Bertz CT molecular complexity index is 1180. The number of sulfone groups is 1. The zero-order valence-electron chi connectivity index (χ0n) is 19.0. The SMILES string of the molecule is CCC(Cc1ccccc1)N(O)C[C@@H](C)CS(=O)(=O)c1ccc2nc(NC(=O)OC)[nH]c2c1. The number of aromatic amines is 1. The van der Waals surface area contributed by atoms with Crippen LogP contribution in [0.25, 0.3) is 11.0 Å². The number of imidazole rings is 1. The number of hydroxylamine groups is 2. The van der Waals surface area contributed by atoms with Crippen LogP contribution in [0.5, 0.6) is 0 Å². The molecule has 10 heteroatoms. The van der Waals surface area contributed by atoms with Crippen molar-refractivity contribution in [2.24, 2.45) is 5.92 Å². The summed E-state index contributed by atoms with van der Waals surface area (Å²) in [6, 6.07) is 14.4. The second-order valence-corrected chi connectivity index (χ2v) is 10.2. The largest absolute Gasteiger partial charge is 0.453 e. The van der Waals surface area contributed by atoms with Crippen molar-refractivity contribution in [3.63, 3.8) is 0 Å². The number of carbonyl (C=O) groups excluding carboxylic acids is 1. The van der Waals surface area contributed by atoms with Crippen LogP contribution < -0.4 is 5.32 Å². The summed E-state index contributed by atoms with van der Waals surface area (Å²) in [6.07, 6.45) is 0.747. The maximum Gasteiger partial charge on any atom is 0.413 e. The number of amides is 1. The summed E-state index contributed by atoms with van der Waals surface area (Å²) in [5.41, 5.74) is 2.12. The van der Waals surface area contributed by atoms with E-state index in [-0.39, 0.29) is 35.1 Å². The number of nitrogens with zero attached hydrogens (tertiary/aromatic N) is 2. The molecule has 2 aromatic carbocycles. The molecule has 0 saturated heterocycles. The van der Waals surface area contributed by atoms with Crippen LogP contribution in [-0.2, 0) is 21.0 Å². The van der Waals surface area contributed by atoms with Crippen molar-refractivity contribution in [2.45, 2.75) is 37.6 Å². The number of rotatable bonds is 10. The number of aromatic nitrogens is 2. The summed E-state index contributed by atoms with van der Waals surface area (Å²) in [5.74, 6) is -0.239. The minimum absolute atomic E-state index is 0.0976. The standard InChI is InChI=1S/C23H30N4O5S/c1-4-18(12-17-8-6-5-7-9-17)27(29)14-16(2)15-33(30,31)19-10-11-20-21(13-19)25-22(24-20)26-23(28)32-3/h5-11,13,16,18,29H,4,12,14-15H2,1-3H3,(H2,24,25,26,28)/t16-,18?/m1/s1. The van der Waals surface area contributed by atoms with E-state index in [4.69, 9.17) is 0 Å². The van der Waals surface area contributed by atoms with Gasteiger partial charge in [0.05, 0.1) is 28.8 Å². The van der Waals surface area contributed by atoms with Crippen molar-refractivity contribution in [1.29, 1.82) is 0 Å². The number of hydrogen-bond donors (Lipinski definition) is 3. The fraction of sp³-hybridized carbons (Fsp3) is 0.391. The minimum Gasteiger partial charge on any atom is -0.453 e. The monoisotopic (exact) mass is 474 g/mol. The minimum atomic E-state index is -3.60. The summed E-state index contributed by atoms with van der Waals surface area (Å²) >= 11 is 0. The summed E-state index contributed by atoms with van der Waals surface area (Å²) in [5, 5.41) is 14.3. The molecular weight excluding hydrogens is 444 g/mol. The molecule has 0 aliphatic heterocycles. The number of benzene rings is 2. The highest BCUT2D eigenvalue weighted by Gasteiger charge is 2.24. The lowest BCUT2D eigenvalue weighted by atomic mass is 10.0. The molecular formula is C23H30N4O5S. The highest BCUT2D eigenvalue weighted by atomic mass is 32.2. The molecule has 9 nitrogen and oxygen atoms in total. The predicted octanol–water partition coefficient (Wildman–Crippen LogP) is 3.86. The Hall–Kier alpha value is -2.95. The summed E-state index contributed by atoms with van der Waals surface area (Å²) in [4.78, 5) is 18.6. The van der Waals surface area contributed by atoms with Crippen molar-refractivity contribution in [3.05, 3.63) is 54.1 Å². The maximum absolute atomic E-state index is 13.0. The molecule has 3 rings (SSSR count). The average Bonchev–Trinajstić information content (AvgIpc) is 3.18. The number of ether oxygens (including phenoxy) is 1. The third-order valence-electron chi connectivity index (χ3n) is 5.43. The Labute approximate surface area is 193 Å². The Morgan fingerprint density at radius 1 is 1.24 bits per heavy atom. The van der Waals surface area contributed by atoms with Crippen molar-refractivity contribution >= 4 is 32.9 Å². The molecule has 0 spiro atoms. The molecule has 1 aromatic heterocycles. The van der Waals surface area contributed by atoms with Gasteiger partial charge in [-0.2, -0.15) is 5.06 Å². The number of methoxy groups -OCH3 is 1. The first-order valence-electron chi connectivity index (χ1n) is 10.8. The summed E-state index contributed by atoms with van der Waals surface area (Å²) in [6.45, 7) is 4.05. The summed E-state index contributed by atoms with van der Waals surface area (Å²) < 4.78 is 30.5. The van der Waals surface area contributed by atoms with Crippen LogP contribution >= 0.6 is 0 Å². The topological polar surface area (TPSA) is 125 Å². The molecule has 2 atom stereocenters. The van der Waals surface area contributed by atoms with Crippen LogP contribution in [0, 0.1) is 5.92 Å². The van der Waals surface area contributed by atoms with Crippen molar-refractivity contribution in [1.82, 2.24) is 15.0 Å². The first kappa shape index (κ1) is 24.7. The van der Waals surface area contributed by atoms with Gasteiger partial charge in [0, 0.05) is 12.6 Å². The van der Waals surface area contributed by atoms with Crippen LogP contribution in [0.3, 0.4) is 0 Å². The number of carbonyl (C=O) groups is 1. The molecule has 178 valence electrons. The fourth-order valence-corrected chi connectivity index (χ4v) is 5.35. The van der Waals surface area contributed by atoms with Gasteiger partial charge in [-0.3, -0.25) is 5.32 Å². The van der Waals surface area contributed by atoms with Gasteiger partial charge in [0.25, 0.3) is 0 Å². The molecule has 0 bridgehead atoms. The first-order chi connectivity index (χ1) is 15.7. The fourth-order valence-electron chi connectivity index (χ4n) is 3.73. The lowest BCUT2D eigenvalue weighted by Gasteiger charge is -2.27. The number of nitrogens with one attached hydrogen (secondary N) is 2. The van der Waals surface area contributed by atoms with E-state index in [0.29, 0.717) is 17.5 Å². The lowest BCUT2D eigenvalue weighted by Crippen LogP contribution is -2.38. The molecule has 1 amide bonds. The molecule has 0 fully saturated rings. The van der Waals surface area contributed by atoms with E-state index >= 15 is 0 Å². The molecule has 33 heavy (non-hydrogen) atoms. The highest BCUT2D eigenvalue weighted by molar-refractivity contribution is 7.91. The van der Waals surface area contributed by atoms with Crippen LogP contribution in [-0.4, -0.2) is 60.2 Å². The van der Waals surface area contributed by atoms with Gasteiger partial charge in [-0.15, -0.1) is 0 Å². The van der Waals surface area contributed by atoms with Crippen molar-refractivity contribution < 1.29 is 23.2 Å². The van der Waals surface area contributed by atoms with Crippen LogP contribution in [0.15, 0.2) is 53.4 Å². The number of anilines is 1. The van der Waals surface area contributed by atoms with E-state index in [1.165, 1.54) is 24.3 Å². The van der Waals surface area contributed by atoms with E-state index in [9.17, 15) is 18.4 Å². The number of H-pyrrole nitrogens is 1. The maximum atomic E-state index is 13.0. The number of fused-ring (bicyclic) bond motifs is 1. The molecule has 3 aromatic rings. The molecule has 0 aliphatic rings. The van der Waals surface area contributed by atoms with E-state index in [0.717, 1.165) is 12.0 Å². The Kier molecular flexibility index (Phi) is 8.06. The molecule has 1 heterocycles. The van der Waals surface area contributed by atoms with Crippen molar-refractivity contribution in [3.8, 4) is 0 Å². The Morgan fingerprint density at radius 2 is 1.97 bits per heavy atom. The second kappa shape index (κ2) is 10.8. The molecule has 0 aliphatic carbocycles. The van der Waals surface area contributed by atoms with Gasteiger partial charge in [0.15, 0.2) is 9.84 Å². The van der Waals surface area contributed by atoms with Gasteiger partial charge in [0.1, 0.15) is 0 Å². The van der Waals surface area contributed by atoms with Gasteiger partial charge in [-0.25, -0.2) is 18.2 Å². The predicted molar refractivity (Wildman–Crippen MR) is 126 cm³/mol. The molecule has 0 radical (unpaired) electrons. The lowest BCUT2D eigenvalue weighted by molar-refractivity contribution is -0.134. The third kappa shape index (κ3) is 6.53. The summed E-state index contributed by atoms with van der Waals surface area (Å²) in [7, 11) is -2.37. The average molecular weight is 475 g/mol. The molecule has 3 N–H and O–H groups in total. The van der Waals surface area contributed by atoms with E-state index in [1.54, 1.807) is 6.07 Å². The first-order valence-corrected chi connectivity index (χ1v) is 12.4. The number of hydrogen-bond acceptors (Lipinski definition) is 7. The zero-order chi connectivity index (χ0) is 24.0. The Balaban J connectivity index is 1.66. The van der Waals surface area contributed by atoms with E-state index in [2.05, 4.69) is 20.0 Å². The van der Waals surface area contributed by atoms with E-state index < -0.39 is 15.9 Å². The van der Waals surface area contributed by atoms with Crippen LogP contribution in [0.1, 0.15) is 25.8 Å². The van der Waals surface area contributed by atoms with Gasteiger partial charge in [0.2, 0.25) is 5.95 Å². The van der Waals surface area contributed by atoms with Gasteiger partial charge in [-0.05, 0) is 42.5 Å². The Morgan fingerprint density at radius 3 is 2.64 bits per heavy atom. The van der Waals surface area contributed by atoms with Gasteiger partial charge < -0.3 is 14.9 Å². The third-order valence-corrected chi connectivity index (χ3v) is 7.41. The van der Waals surface area contributed by atoms with E-state index in [1.807, 2.05) is 44.2 Å². The zero-order valence-corrected chi connectivity index (χ0v) is 19.8. The highest BCUT2D eigenvalue weighted by Crippen LogP contribution is 2.22. The van der Waals surface area contributed by atoms with Crippen LogP contribution in [0.4, 0.5) is 10.7 Å². The second-order valence-electron chi connectivity index (χ2n) is 8.14. The van der Waals surface area contributed by atoms with Crippen LogP contribution in [0.2, 0.25) is 0 Å². The quantitative estimate of drug-likeness (QED) is 0.381. The van der Waals surface area contributed by atoms with Gasteiger partial charge >= 0.3 is 6.09 Å². The molecule has 1 unspecified atom stereocenters.